The maximum Gasteiger partial charge on any atom is 0.0705 e. The minimum atomic E-state index is -0.294. The number of aliphatic hydroxyl groups excluding tert-OH is 1. The Hall–Kier alpha value is -1.41. The fourth-order valence-electron chi connectivity index (χ4n) is 2.32. The summed E-state index contributed by atoms with van der Waals surface area (Å²) in [5.41, 5.74) is 3.19. The van der Waals surface area contributed by atoms with Crippen molar-refractivity contribution in [1.29, 1.82) is 0 Å². The third-order valence-corrected chi connectivity index (χ3v) is 3.19. The maximum absolute atomic E-state index is 10.0. The van der Waals surface area contributed by atoms with E-state index in [4.69, 9.17) is 0 Å². The van der Waals surface area contributed by atoms with Gasteiger partial charge in [-0.05, 0) is 37.0 Å². The van der Waals surface area contributed by atoms with E-state index in [2.05, 4.69) is 37.9 Å². The zero-order valence-corrected chi connectivity index (χ0v) is 11.4. The molecule has 0 aliphatic carbocycles. The number of hydrogen-bond donors (Lipinski definition) is 1. The molecule has 18 heavy (non-hydrogen) atoms. The van der Waals surface area contributed by atoms with E-state index in [-0.39, 0.29) is 6.10 Å². The van der Waals surface area contributed by atoms with Crippen LogP contribution < -0.4 is 0 Å². The molecule has 1 atom stereocenters. The van der Waals surface area contributed by atoms with Gasteiger partial charge in [-0.1, -0.05) is 32.0 Å². The van der Waals surface area contributed by atoms with Gasteiger partial charge in [0.25, 0.3) is 0 Å². The molecule has 0 bridgehead atoms. The lowest BCUT2D eigenvalue weighted by molar-refractivity contribution is 0.148. The Balaban J connectivity index is 2.25. The molecule has 2 heteroatoms. The standard InChI is InChI=1S/C16H21NO/c1-11(2)8-14(18)10-16-12(3)9-13-6-4-5-7-15(13)17-16/h4-7,9,11,14,18H,8,10H2,1-3H3. The highest BCUT2D eigenvalue weighted by atomic mass is 16.3. The Kier molecular flexibility index (Phi) is 3.97. The summed E-state index contributed by atoms with van der Waals surface area (Å²) in [5, 5.41) is 11.2. The van der Waals surface area contributed by atoms with Gasteiger partial charge in [-0.25, -0.2) is 0 Å². The summed E-state index contributed by atoms with van der Waals surface area (Å²) < 4.78 is 0. The number of para-hydroxylation sites is 1. The van der Waals surface area contributed by atoms with Crippen molar-refractivity contribution >= 4 is 10.9 Å². The quantitative estimate of drug-likeness (QED) is 0.891. The van der Waals surface area contributed by atoms with Gasteiger partial charge in [-0.2, -0.15) is 0 Å². The molecule has 1 N–H and O–H groups in total. The van der Waals surface area contributed by atoms with Crippen LogP contribution in [0.15, 0.2) is 30.3 Å². The van der Waals surface area contributed by atoms with Crippen molar-refractivity contribution in [2.45, 2.75) is 39.7 Å². The van der Waals surface area contributed by atoms with Gasteiger partial charge in [0.1, 0.15) is 0 Å². The second-order valence-corrected chi connectivity index (χ2v) is 5.43. The number of benzene rings is 1. The molecule has 2 nitrogen and oxygen atoms in total. The molecule has 0 spiro atoms. The monoisotopic (exact) mass is 243 g/mol. The summed E-state index contributed by atoms with van der Waals surface area (Å²) in [6, 6.07) is 10.3. The van der Waals surface area contributed by atoms with Crippen molar-refractivity contribution in [3.05, 3.63) is 41.6 Å². The molecule has 1 unspecified atom stereocenters. The van der Waals surface area contributed by atoms with Crippen LogP contribution >= 0.6 is 0 Å². The molecule has 0 amide bonds. The van der Waals surface area contributed by atoms with Crippen LogP contribution in [0.4, 0.5) is 0 Å². The minimum absolute atomic E-state index is 0.294. The highest BCUT2D eigenvalue weighted by Gasteiger charge is 2.11. The lowest BCUT2D eigenvalue weighted by Crippen LogP contribution is -2.15. The zero-order chi connectivity index (χ0) is 13.1. The molecule has 2 aromatic rings. The lowest BCUT2D eigenvalue weighted by Gasteiger charge is -2.14. The summed E-state index contributed by atoms with van der Waals surface area (Å²) >= 11 is 0. The van der Waals surface area contributed by atoms with Crippen LogP contribution in [0.25, 0.3) is 10.9 Å². The minimum Gasteiger partial charge on any atom is -0.393 e. The van der Waals surface area contributed by atoms with Crippen molar-refractivity contribution in [2.24, 2.45) is 5.92 Å². The Morgan fingerprint density at radius 3 is 2.67 bits per heavy atom. The van der Waals surface area contributed by atoms with Crippen molar-refractivity contribution < 1.29 is 5.11 Å². The number of pyridine rings is 1. The van der Waals surface area contributed by atoms with Crippen molar-refractivity contribution in [3.8, 4) is 0 Å². The van der Waals surface area contributed by atoms with Crippen molar-refractivity contribution in [3.63, 3.8) is 0 Å². The molecule has 0 aliphatic rings. The van der Waals surface area contributed by atoms with E-state index >= 15 is 0 Å². The number of rotatable bonds is 4. The highest BCUT2D eigenvalue weighted by Crippen LogP contribution is 2.18. The van der Waals surface area contributed by atoms with E-state index in [0.29, 0.717) is 12.3 Å². The van der Waals surface area contributed by atoms with Crippen LogP contribution in [0.3, 0.4) is 0 Å². The second kappa shape index (κ2) is 5.49. The molecule has 0 radical (unpaired) electrons. The first kappa shape index (κ1) is 13.0. The van der Waals surface area contributed by atoms with E-state index in [1.807, 2.05) is 18.2 Å². The van der Waals surface area contributed by atoms with Crippen LogP contribution in [-0.4, -0.2) is 16.2 Å². The predicted octanol–water partition coefficient (Wildman–Crippen LogP) is 3.49. The van der Waals surface area contributed by atoms with Crippen LogP contribution in [0, 0.1) is 12.8 Å². The first-order valence-electron chi connectivity index (χ1n) is 6.59. The molecule has 1 aromatic carbocycles. The summed E-state index contributed by atoms with van der Waals surface area (Å²) in [6.45, 7) is 6.32. The summed E-state index contributed by atoms with van der Waals surface area (Å²) in [5.74, 6) is 0.515. The van der Waals surface area contributed by atoms with Gasteiger partial charge in [0.2, 0.25) is 0 Å². The zero-order valence-electron chi connectivity index (χ0n) is 11.4. The van der Waals surface area contributed by atoms with E-state index in [0.717, 1.165) is 28.6 Å². The molecule has 0 fully saturated rings. The first-order valence-corrected chi connectivity index (χ1v) is 6.59. The normalized spacial score (nSPS) is 13.2. The Morgan fingerprint density at radius 2 is 1.94 bits per heavy atom. The fourth-order valence-corrected chi connectivity index (χ4v) is 2.32. The summed E-state index contributed by atoms with van der Waals surface area (Å²) in [4.78, 5) is 4.66. The fraction of sp³-hybridized carbons (Fsp3) is 0.438. The van der Waals surface area contributed by atoms with Crippen LogP contribution in [0.1, 0.15) is 31.5 Å². The number of aromatic nitrogens is 1. The Bertz CT molecular complexity index is 534. The molecule has 1 heterocycles. The largest absolute Gasteiger partial charge is 0.393 e. The average molecular weight is 243 g/mol. The van der Waals surface area contributed by atoms with Gasteiger partial charge in [-0.15, -0.1) is 0 Å². The van der Waals surface area contributed by atoms with Gasteiger partial charge in [0, 0.05) is 17.5 Å². The topological polar surface area (TPSA) is 33.1 Å². The number of nitrogens with zero attached hydrogens (tertiary/aromatic N) is 1. The maximum atomic E-state index is 10.0. The van der Waals surface area contributed by atoms with E-state index in [9.17, 15) is 5.11 Å². The predicted molar refractivity (Wildman–Crippen MR) is 75.6 cm³/mol. The Morgan fingerprint density at radius 1 is 1.22 bits per heavy atom. The number of aryl methyl sites for hydroxylation is 1. The van der Waals surface area contributed by atoms with Gasteiger partial charge in [0.05, 0.1) is 11.6 Å². The molecule has 96 valence electrons. The average Bonchev–Trinajstić information content (AvgIpc) is 2.29. The van der Waals surface area contributed by atoms with Gasteiger partial charge in [0.15, 0.2) is 0 Å². The van der Waals surface area contributed by atoms with Crippen molar-refractivity contribution in [1.82, 2.24) is 4.98 Å². The molecular weight excluding hydrogens is 222 g/mol. The molecular formula is C16H21NO. The number of hydrogen-bond acceptors (Lipinski definition) is 2. The molecule has 1 aromatic heterocycles. The SMILES string of the molecule is Cc1cc2ccccc2nc1CC(O)CC(C)C. The van der Waals surface area contributed by atoms with Crippen molar-refractivity contribution in [2.75, 3.05) is 0 Å². The Labute approximate surface area is 109 Å². The van der Waals surface area contributed by atoms with E-state index in [1.165, 1.54) is 0 Å². The second-order valence-electron chi connectivity index (χ2n) is 5.43. The lowest BCUT2D eigenvalue weighted by atomic mass is 9.99. The summed E-state index contributed by atoms with van der Waals surface area (Å²) in [7, 11) is 0. The third-order valence-electron chi connectivity index (χ3n) is 3.19. The number of aliphatic hydroxyl groups is 1. The molecule has 0 aliphatic heterocycles. The third kappa shape index (κ3) is 3.08. The van der Waals surface area contributed by atoms with E-state index in [1.54, 1.807) is 0 Å². The van der Waals surface area contributed by atoms with Crippen LogP contribution in [0.2, 0.25) is 0 Å². The first-order chi connectivity index (χ1) is 8.56. The van der Waals surface area contributed by atoms with Gasteiger partial charge < -0.3 is 5.11 Å². The van der Waals surface area contributed by atoms with Crippen LogP contribution in [-0.2, 0) is 6.42 Å². The van der Waals surface area contributed by atoms with Gasteiger partial charge >= 0.3 is 0 Å². The molecule has 0 saturated heterocycles. The number of fused-ring (bicyclic) bond motifs is 1. The highest BCUT2D eigenvalue weighted by molar-refractivity contribution is 5.79. The molecule has 0 saturated carbocycles. The van der Waals surface area contributed by atoms with Gasteiger partial charge in [-0.3, -0.25) is 4.98 Å². The van der Waals surface area contributed by atoms with E-state index < -0.39 is 0 Å². The smallest absolute Gasteiger partial charge is 0.0705 e. The summed E-state index contributed by atoms with van der Waals surface area (Å²) in [6.07, 6.45) is 1.18. The molecule has 2 rings (SSSR count). The van der Waals surface area contributed by atoms with Crippen LogP contribution in [0.5, 0.6) is 0 Å².